The van der Waals surface area contributed by atoms with E-state index in [-0.39, 0.29) is 6.04 Å². The molecule has 1 aliphatic rings. The van der Waals surface area contributed by atoms with E-state index in [1.165, 1.54) is 0 Å². The van der Waals surface area contributed by atoms with Crippen molar-refractivity contribution >= 4 is 17.6 Å². The van der Waals surface area contributed by atoms with Crippen LogP contribution in [0.4, 0.5) is 5.82 Å². The third-order valence-electron chi connectivity index (χ3n) is 3.04. The lowest BCUT2D eigenvalue weighted by atomic mass is 10.1. The SMILES string of the molecule is CC(N)c1ccnc(N2CCSC(C)(C)C2)c1. The number of nitrogens with zero attached hydrogens (tertiary/aromatic N) is 2. The molecule has 0 amide bonds. The van der Waals surface area contributed by atoms with Gasteiger partial charge in [0.2, 0.25) is 0 Å². The molecule has 1 aromatic heterocycles. The third kappa shape index (κ3) is 3.13. The van der Waals surface area contributed by atoms with Crippen LogP contribution in [0.3, 0.4) is 0 Å². The van der Waals surface area contributed by atoms with Crippen molar-refractivity contribution in [1.82, 2.24) is 4.98 Å². The number of pyridine rings is 1. The van der Waals surface area contributed by atoms with Gasteiger partial charge in [0.25, 0.3) is 0 Å². The molecule has 17 heavy (non-hydrogen) atoms. The van der Waals surface area contributed by atoms with E-state index in [0.717, 1.165) is 30.2 Å². The first-order valence-electron chi connectivity index (χ1n) is 6.08. The molecular weight excluding hydrogens is 230 g/mol. The summed E-state index contributed by atoms with van der Waals surface area (Å²) < 4.78 is 0.310. The Bertz CT molecular complexity index is 390. The standard InChI is InChI=1S/C13H21N3S/c1-10(14)11-4-5-15-12(8-11)16-6-7-17-13(2,3)9-16/h4-5,8,10H,6-7,9,14H2,1-3H3. The number of hydrogen-bond acceptors (Lipinski definition) is 4. The zero-order valence-corrected chi connectivity index (χ0v) is 11.6. The van der Waals surface area contributed by atoms with E-state index >= 15 is 0 Å². The lowest BCUT2D eigenvalue weighted by Crippen LogP contribution is -2.43. The first-order valence-corrected chi connectivity index (χ1v) is 7.07. The van der Waals surface area contributed by atoms with Crippen molar-refractivity contribution in [1.29, 1.82) is 0 Å². The van der Waals surface area contributed by atoms with Crippen LogP contribution in [-0.4, -0.2) is 28.6 Å². The van der Waals surface area contributed by atoms with Crippen LogP contribution < -0.4 is 10.6 Å². The maximum absolute atomic E-state index is 5.92. The average molecular weight is 251 g/mol. The Balaban J connectivity index is 2.19. The molecule has 0 radical (unpaired) electrons. The van der Waals surface area contributed by atoms with Gasteiger partial charge in [-0.2, -0.15) is 11.8 Å². The zero-order chi connectivity index (χ0) is 12.5. The summed E-state index contributed by atoms with van der Waals surface area (Å²) in [7, 11) is 0. The highest BCUT2D eigenvalue weighted by Crippen LogP contribution is 2.31. The van der Waals surface area contributed by atoms with Gasteiger partial charge in [0, 0.05) is 35.8 Å². The first-order chi connectivity index (χ1) is 7.98. The fourth-order valence-corrected chi connectivity index (χ4v) is 3.21. The van der Waals surface area contributed by atoms with Crippen LogP contribution in [0.2, 0.25) is 0 Å². The molecule has 3 nitrogen and oxygen atoms in total. The number of anilines is 1. The predicted octanol–water partition coefficient (Wildman–Crippen LogP) is 2.43. The van der Waals surface area contributed by atoms with Crippen molar-refractivity contribution in [2.45, 2.75) is 31.6 Å². The van der Waals surface area contributed by atoms with Crippen molar-refractivity contribution < 1.29 is 0 Å². The van der Waals surface area contributed by atoms with E-state index < -0.39 is 0 Å². The lowest BCUT2D eigenvalue weighted by Gasteiger charge is -2.38. The van der Waals surface area contributed by atoms with E-state index in [0.29, 0.717) is 4.75 Å². The van der Waals surface area contributed by atoms with Crippen LogP contribution >= 0.6 is 11.8 Å². The molecule has 0 saturated carbocycles. The van der Waals surface area contributed by atoms with Gasteiger partial charge in [0.05, 0.1) is 0 Å². The molecule has 0 spiro atoms. The van der Waals surface area contributed by atoms with Gasteiger partial charge in [-0.3, -0.25) is 0 Å². The molecule has 0 bridgehead atoms. The normalized spacial score (nSPS) is 21.3. The molecule has 1 saturated heterocycles. The minimum atomic E-state index is 0.0731. The van der Waals surface area contributed by atoms with E-state index in [1.807, 2.05) is 30.9 Å². The molecular formula is C13H21N3S. The summed E-state index contributed by atoms with van der Waals surface area (Å²) in [6.07, 6.45) is 1.86. The maximum Gasteiger partial charge on any atom is 0.128 e. The first kappa shape index (κ1) is 12.7. The fourth-order valence-electron chi connectivity index (χ4n) is 2.10. The highest BCUT2D eigenvalue weighted by molar-refractivity contribution is 8.00. The van der Waals surface area contributed by atoms with Gasteiger partial charge >= 0.3 is 0 Å². The molecule has 1 unspecified atom stereocenters. The van der Waals surface area contributed by atoms with Crippen LogP contribution in [-0.2, 0) is 0 Å². The van der Waals surface area contributed by atoms with Crippen molar-refractivity contribution in [2.24, 2.45) is 5.73 Å². The molecule has 94 valence electrons. The molecule has 1 aliphatic heterocycles. The van der Waals surface area contributed by atoms with Crippen molar-refractivity contribution in [3.8, 4) is 0 Å². The molecule has 1 aromatic rings. The maximum atomic E-state index is 5.92. The van der Waals surface area contributed by atoms with Crippen molar-refractivity contribution in [2.75, 3.05) is 23.7 Å². The Morgan fingerprint density at radius 1 is 1.53 bits per heavy atom. The highest BCUT2D eigenvalue weighted by atomic mass is 32.2. The van der Waals surface area contributed by atoms with Crippen LogP contribution in [0.25, 0.3) is 0 Å². The van der Waals surface area contributed by atoms with Gasteiger partial charge in [-0.05, 0) is 38.5 Å². The molecule has 2 heterocycles. The number of nitrogens with two attached hydrogens (primary N) is 1. The van der Waals surface area contributed by atoms with E-state index in [1.54, 1.807) is 0 Å². The van der Waals surface area contributed by atoms with Crippen LogP contribution in [0, 0.1) is 0 Å². The summed E-state index contributed by atoms with van der Waals surface area (Å²) in [6, 6.07) is 4.19. The van der Waals surface area contributed by atoms with Gasteiger partial charge < -0.3 is 10.6 Å². The summed E-state index contributed by atoms with van der Waals surface area (Å²) >= 11 is 2.04. The van der Waals surface area contributed by atoms with E-state index in [2.05, 4.69) is 29.8 Å². The molecule has 0 aliphatic carbocycles. The Labute approximate surface area is 108 Å². The minimum absolute atomic E-state index is 0.0731. The number of rotatable bonds is 2. The second kappa shape index (κ2) is 4.86. The number of thioether (sulfide) groups is 1. The molecule has 1 fully saturated rings. The minimum Gasteiger partial charge on any atom is -0.354 e. The molecule has 4 heteroatoms. The summed E-state index contributed by atoms with van der Waals surface area (Å²) in [6.45, 7) is 8.71. The van der Waals surface area contributed by atoms with Crippen LogP contribution in [0.5, 0.6) is 0 Å². The summed E-state index contributed by atoms with van der Waals surface area (Å²) in [5.74, 6) is 2.23. The Morgan fingerprint density at radius 2 is 2.29 bits per heavy atom. The summed E-state index contributed by atoms with van der Waals surface area (Å²) in [4.78, 5) is 6.84. The Morgan fingerprint density at radius 3 is 2.94 bits per heavy atom. The second-order valence-electron chi connectivity index (χ2n) is 5.27. The quantitative estimate of drug-likeness (QED) is 0.876. The Kier molecular flexibility index (Phi) is 3.64. The number of hydrogen-bond donors (Lipinski definition) is 1. The number of aromatic nitrogens is 1. The fraction of sp³-hybridized carbons (Fsp3) is 0.615. The highest BCUT2D eigenvalue weighted by Gasteiger charge is 2.27. The zero-order valence-electron chi connectivity index (χ0n) is 10.8. The van der Waals surface area contributed by atoms with Crippen molar-refractivity contribution in [3.63, 3.8) is 0 Å². The Hall–Kier alpha value is -0.740. The topological polar surface area (TPSA) is 42.1 Å². The van der Waals surface area contributed by atoms with Crippen LogP contribution in [0.15, 0.2) is 18.3 Å². The van der Waals surface area contributed by atoms with Gasteiger partial charge in [-0.1, -0.05) is 0 Å². The van der Waals surface area contributed by atoms with E-state index in [9.17, 15) is 0 Å². The monoisotopic (exact) mass is 251 g/mol. The average Bonchev–Trinajstić information content (AvgIpc) is 2.28. The third-order valence-corrected chi connectivity index (χ3v) is 4.34. The predicted molar refractivity (Wildman–Crippen MR) is 75.6 cm³/mol. The lowest BCUT2D eigenvalue weighted by molar-refractivity contribution is 0.641. The molecule has 2 rings (SSSR count). The van der Waals surface area contributed by atoms with Crippen LogP contribution in [0.1, 0.15) is 32.4 Å². The van der Waals surface area contributed by atoms with Gasteiger partial charge in [-0.25, -0.2) is 4.98 Å². The summed E-state index contributed by atoms with van der Waals surface area (Å²) in [5.41, 5.74) is 7.07. The largest absolute Gasteiger partial charge is 0.354 e. The smallest absolute Gasteiger partial charge is 0.128 e. The van der Waals surface area contributed by atoms with Gasteiger partial charge in [0.1, 0.15) is 5.82 Å². The second-order valence-corrected chi connectivity index (χ2v) is 7.07. The van der Waals surface area contributed by atoms with Gasteiger partial charge in [-0.15, -0.1) is 0 Å². The molecule has 2 N–H and O–H groups in total. The van der Waals surface area contributed by atoms with Gasteiger partial charge in [0.15, 0.2) is 0 Å². The van der Waals surface area contributed by atoms with E-state index in [4.69, 9.17) is 5.73 Å². The van der Waals surface area contributed by atoms with Crippen molar-refractivity contribution in [3.05, 3.63) is 23.9 Å². The summed E-state index contributed by atoms with van der Waals surface area (Å²) in [5, 5.41) is 0. The molecule has 1 atom stereocenters. The molecule has 0 aromatic carbocycles.